The van der Waals surface area contributed by atoms with Crippen molar-refractivity contribution in [2.45, 2.75) is 44.4 Å². The molecule has 2 amide bonds. The number of nitrogens with zero attached hydrogens (tertiary/aromatic N) is 1. The number of likely N-dealkylation sites (tertiary alicyclic amines) is 1. The Morgan fingerprint density at radius 2 is 2.17 bits per heavy atom. The van der Waals surface area contributed by atoms with Crippen molar-refractivity contribution in [2.75, 3.05) is 13.1 Å². The van der Waals surface area contributed by atoms with Crippen LogP contribution in [0.25, 0.3) is 0 Å². The molecule has 2 atom stereocenters. The zero-order valence-corrected chi connectivity index (χ0v) is 13.0. The van der Waals surface area contributed by atoms with Gasteiger partial charge in [0, 0.05) is 25.1 Å². The van der Waals surface area contributed by atoms with Crippen LogP contribution in [-0.2, 0) is 20.9 Å². The molecular weight excluding hydrogens is 299 g/mol. The van der Waals surface area contributed by atoms with Crippen LogP contribution in [0.2, 0.25) is 0 Å². The quantitative estimate of drug-likeness (QED) is 0.917. The lowest BCUT2D eigenvalue weighted by Gasteiger charge is -2.34. The lowest BCUT2D eigenvalue weighted by molar-refractivity contribution is -0.138. The molecule has 1 aromatic rings. The second kappa shape index (κ2) is 7.08. The van der Waals surface area contributed by atoms with Gasteiger partial charge in [0.25, 0.3) is 0 Å². The molecule has 1 N–H and O–H groups in total. The third kappa shape index (κ3) is 3.88. The van der Waals surface area contributed by atoms with Crippen LogP contribution in [0.1, 0.15) is 31.2 Å². The molecule has 0 unspecified atom stereocenters. The van der Waals surface area contributed by atoms with Crippen LogP contribution in [0.5, 0.6) is 0 Å². The highest BCUT2D eigenvalue weighted by Crippen LogP contribution is 2.19. The highest BCUT2D eigenvalue weighted by atomic mass is 19.1. The standard InChI is InChI=1S/C17H21FN2O3/c18-14-6-2-1-4-12(14)11-23-13-5-3-9-20(10-13)17(22)15-7-8-16(21)19-15/h1-2,4,6,13,15H,3,5,7-11H2,(H,19,21)/t13-,15+/m0/s1. The first-order chi connectivity index (χ1) is 11.1. The Hall–Kier alpha value is -1.95. The fourth-order valence-corrected chi connectivity index (χ4v) is 3.12. The van der Waals surface area contributed by atoms with Crippen molar-refractivity contribution in [1.82, 2.24) is 10.2 Å². The van der Waals surface area contributed by atoms with Gasteiger partial charge < -0.3 is 15.0 Å². The van der Waals surface area contributed by atoms with Gasteiger partial charge >= 0.3 is 0 Å². The summed E-state index contributed by atoms with van der Waals surface area (Å²) in [6.07, 6.45) is 2.60. The van der Waals surface area contributed by atoms with Gasteiger partial charge in [-0.25, -0.2) is 4.39 Å². The Morgan fingerprint density at radius 1 is 1.35 bits per heavy atom. The highest BCUT2D eigenvalue weighted by Gasteiger charge is 2.33. The summed E-state index contributed by atoms with van der Waals surface area (Å²) in [6.45, 7) is 1.39. The molecule has 2 aliphatic rings. The molecule has 3 rings (SSSR count). The molecule has 2 aliphatic heterocycles. The van der Waals surface area contributed by atoms with Gasteiger partial charge in [-0.15, -0.1) is 0 Å². The Morgan fingerprint density at radius 3 is 2.91 bits per heavy atom. The summed E-state index contributed by atoms with van der Waals surface area (Å²) in [6, 6.07) is 6.15. The summed E-state index contributed by atoms with van der Waals surface area (Å²) >= 11 is 0. The van der Waals surface area contributed by atoms with E-state index in [0.29, 0.717) is 31.5 Å². The monoisotopic (exact) mass is 320 g/mol. The third-order valence-corrected chi connectivity index (χ3v) is 4.42. The summed E-state index contributed by atoms with van der Waals surface area (Å²) in [5.74, 6) is -0.368. The number of carbonyl (C=O) groups excluding carboxylic acids is 2. The first-order valence-corrected chi connectivity index (χ1v) is 8.06. The van der Waals surface area contributed by atoms with E-state index in [9.17, 15) is 14.0 Å². The lowest BCUT2D eigenvalue weighted by Crippen LogP contribution is -2.50. The molecule has 1 aromatic carbocycles. The number of amides is 2. The van der Waals surface area contributed by atoms with Crippen molar-refractivity contribution in [3.63, 3.8) is 0 Å². The van der Waals surface area contributed by atoms with Gasteiger partial charge in [0.05, 0.1) is 12.7 Å². The summed E-state index contributed by atoms with van der Waals surface area (Å²) in [7, 11) is 0. The van der Waals surface area contributed by atoms with Gasteiger partial charge in [-0.2, -0.15) is 0 Å². The zero-order valence-electron chi connectivity index (χ0n) is 13.0. The average Bonchev–Trinajstić information content (AvgIpc) is 3.00. The van der Waals surface area contributed by atoms with Crippen molar-refractivity contribution < 1.29 is 18.7 Å². The minimum Gasteiger partial charge on any atom is -0.372 e. The van der Waals surface area contributed by atoms with Gasteiger partial charge in [-0.1, -0.05) is 18.2 Å². The molecule has 0 aromatic heterocycles. The summed E-state index contributed by atoms with van der Waals surface area (Å²) in [5.41, 5.74) is 0.527. The van der Waals surface area contributed by atoms with Crippen LogP contribution in [0.4, 0.5) is 4.39 Å². The van der Waals surface area contributed by atoms with Gasteiger partial charge in [0.2, 0.25) is 11.8 Å². The Balaban J connectivity index is 1.53. The van der Waals surface area contributed by atoms with E-state index in [4.69, 9.17) is 4.74 Å². The second-order valence-electron chi connectivity index (χ2n) is 6.11. The number of hydrogen-bond donors (Lipinski definition) is 1. The first-order valence-electron chi connectivity index (χ1n) is 8.06. The molecule has 2 saturated heterocycles. The van der Waals surface area contributed by atoms with Crippen LogP contribution in [0, 0.1) is 5.82 Å². The third-order valence-electron chi connectivity index (χ3n) is 4.42. The van der Waals surface area contributed by atoms with E-state index in [1.165, 1.54) is 6.07 Å². The van der Waals surface area contributed by atoms with E-state index < -0.39 is 6.04 Å². The van der Waals surface area contributed by atoms with E-state index in [0.717, 1.165) is 12.8 Å². The molecule has 0 aliphatic carbocycles. The number of benzene rings is 1. The Labute approximate surface area is 134 Å². The van der Waals surface area contributed by atoms with Crippen LogP contribution >= 0.6 is 0 Å². The van der Waals surface area contributed by atoms with E-state index in [1.807, 2.05) is 0 Å². The van der Waals surface area contributed by atoms with Crippen LogP contribution in [0.15, 0.2) is 24.3 Å². The van der Waals surface area contributed by atoms with E-state index in [2.05, 4.69) is 5.32 Å². The molecular formula is C17H21FN2O3. The first kappa shape index (κ1) is 15.9. The maximum atomic E-state index is 13.6. The fraction of sp³-hybridized carbons (Fsp3) is 0.529. The van der Waals surface area contributed by atoms with Gasteiger partial charge in [0.1, 0.15) is 11.9 Å². The summed E-state index contributed by atoms with van der Waals surface area (Å²) in [4.78, 5) is 25.4. The maximum Gasteiger partial charge on any atom is 0.245 e. The van der Waals surface area contributed by atoms with Crippen molar-refractivity contribution in [3.05, 3.63) is 35.6 Å². The number of rotatable bonds is 4. The summed E-state index contributed by atoms with van der Waals surface area (Å²) in [5, 5.41) is 2.71. The Bertz CT molecular complexity index is 593. The molecule has 2 heterocycles. The number of ether oxygens (including phenoxy) is 1. The predicted molar refractivity (Wildman–Crippen MR) is 82.0 cm³/mol. The van der Waals surface area contributed by atoms with E-state index in [1.54, 1.807) is 23.1 Å². The maximum absolute atomic E-state index is 13.6. The number of nitrogens with one attached hydrogen (secondary N) is 1. The van der Waals surface area contributed by atoms with Crippen LogP contribution in [0.3, 0.4) is 0 Å². The average molecular weight is 320 g/mol. The molecule has 124 valence electrons. The number of halogens is 1. The fourth-order valence-electron chi connectivity index (χ4n) is 3.12. The summed E-state index contributed by atoms with van der Waals surface area (Å²) < 4.78 is 19.4. The van der Waals surface area contributed by atoms with Gasteiger partial charge in [0.15, 0.2) is 0 Å². The van der Waals surface area contributed by atoms with Gasteiger partial charge in [-0.3, -0.25) is 9.59 Å². The number of hydrogen-bond acceptors (Lipinski definition) is 3. The largest absolute Gasteiger partial charge is 0.372 e. The highest BCUT2D eigenvalue weighted by molar-refractivity contribution is 5.90. The Kier molecular flexibility index (Phi) is 4.91. The number of carbonyl (C=O) groups is 2. The normalized spacial score (nSPS) is 24.6. The van der Waals surface area contributed by atoms with Crippen molar-refractivity contribution >= 4 is 11.8 Å². The van der Waals surface area contributed by atoms with Crippen LogP contribution in [-0.4, -0.2) is 41.9 Å². The molecule has 0 saturated carbocycles. The minimum absolute atomic E-state index is 0.0324. The predicted octanol–water partition coefficient (Wildman–Crippen LogP) is 1.61. The smallest absolute Gasteiger partial charge is 0.245 e. The number of piperidine rings is 1. The molecule has 0 bridgehead atoms. The second-order valence-corrected chi connectivity index (χ2v) is 6.11. The molecule has 23 heavy (non-hydrogen) atoms. The van der Waals surface area contributed by atoms with Crippen LogP contribution < -0.4 is 5.32 Å². The van der Waals surface area contributed by atoms with Gasteiger partial charge in [-0.05, 0) is 25.3 Å². The minimum atomic E-state index is -0.396. The zero-order chi connectivity index (χ0) is 16.2. The van der Waals surface area contributed by atoms with E-state index >= 15 is 0 Å². The molecule has 6 heteroatoms. The SMILES string of the molecule is O=C1CC[C@H](C(=O)N2CCC[C@H](OCc3ccccc3F)C2)N1. The van der Waals surface area contributed by atoms with Crippen molar-refractivity contribution in [2.24, 2.45) is 0 Å². The molecule has 2 fully saturated rings. The lowest BCUT2D eigenvalue weighted by atomic mass is 10.1. The van der Waals surface area contributed by atoms with Crippen molar-refractivity contribution in [1.29, 1.82) is 0 Å². The topological polar surface area (TPSA) is 58.6 Å². The van der Waals surface area contributed by atoms with E-state index in [-0.39, 0.29) is 30.3 Å². The molecule has 0 radical (unpaired) electrons. The molecule has 0 spiro atoms. The van der Waals surface area contributed by atoms with Crippen molar-refractivity contribution in [3.8, 4) is 0 Å². The molecule has 5 nitrogen and oxygen atoms in total.